The van der Waals surface area contributed by atoms with Gasteiger partial charge in [-0.05, 0) is 31.2 Å². The highest BCUT2D eigenvalue weighted by atomic mass is 35.5. The number of pyridine rings is 2. The molecule has 0 saturated heterocycles. The van der Waals surface area contributed by atoms with E-state index in [0.717, 1.165) is 0 Å². The van der Waals surface area contributed by atoms with E-state index in [0.29, 0.717) is 33.0 Å². The van der Waals surface area contributed by atoms with Gasteiger partial charge in [-0.15, -0.1) is 0 Å². The number of nitrogens with one attached hydrogen (secondary N) is 1. The topological polar surface area (TPSA) is 59.3 Å². The van der Waals surface area contributed by atoms with Crippen LogP contribution in [-0.4, -0.2) is 20.3 Å². The molecule has 0 aliphatic carbocycles. The molecule has 0 spiro atoms. The minimum absolute atomic E-state index is 0.311. The van der Waals surface area contributed by atoms with Gasteiger partial charge in [-0.3, -0.25) is 9.20 Å². The number of aromatic nitrogens is 3. The Hall–Kier alpha value is -2.11. The molecule has 0 unspecified atom stereocenters. The predicted molar refractivity (Wildman–Crippen MR) is 82.1 cm³/mol. The Morgan fingerprint density at radius 2 is 2.00 bits per heavy atom. The molecule has 3 rings (SSSR count). The number of hydrogen-bond acceptors (Lipinski definition) is 3. The van der Waals surface area contributed by atoms with Crippen LogP contribution in [0.25, 0.3) is 5.65 Å². The van der Waals surface area contributed by atoms with Gasteiger partial charge in [-0.25, -0.2) is 9.97 Å². The summed E-state index contributed by atoms with van der Waals surface area (Å²) < 4.78 is 1.65. The summed E-state index contributed by atoms with van der Waals surface area (Å²) in [5.41, 5.74) is 1.67. The van der Waals surface area contributed by atoms with Crippen LogP contribution in [0.3, 0.4) is 0 Å². The first-order chi connectivity index (χ1) is 10.0. The zero-order valence-electron chi connectivity index (χ0n) is 11.0. The Morgan fingerprint density at radius 3 is 2.76 bits per heavy atom. The molecule has 3 heterocycles. The summed E-state index contributed by atoms with van der Waals surface area (Å²) >= 11 is 11.8. The van der Waals surface area contributed by atoms with Crippen molar-refractivity contribution in [2.45, 2.75) is 6.92 Å². The van der Waals surface area contributed by atoms with Gasteiger partial charge in [0, 0.05) is 6.20 Å². The number of amides is 1. The molecule has 0 aromatic carbocycles. The molecule has 21 heavy (non-hydrogen) atoms. The SMILES string of the molecule is Cc1nc2ccc(Cl)cn2c1C(=O)Nc1cccc(Cl)n1. The normalized spacial score (nSPS) is 10.8. The van der Waals surface area contributed by atoms with E-state index in [2.05, 4.69) is 15.3 Å². The average molecular weight is 321 g/mol. The molecule has 0 aliphatic rings. The number of imidazole rings is 1. The maximum Gasteiger partial charge on any atom is 0.275 e. The molecule has 0 bridgehead atoms. The molecular formula is C14H10Cl2N4O. The number of carbonyl (C=O) groups excluding carboxylic acids is 1. The number of aryl methyl sites for hydroxylation is 1. The first-order valence-corrected chi connectivity index (χ1v) is 6.88. The number of halogens is 2. The zero-order chi connectivity index (χ0) is 15.0. The fourth-order valence-corrected chi connectivity index (χ4v) is 2.39. The van der Waals surface area contributed by atoms with Gasteiger partial charge < -0.3 is 5.32 Å². The summed E-state index contributed by atoms with van der Waals surface area (Å²) in [5, 5.41) is 3.53. The Bertz CT molecular complexity index is 844. The summed E-state index contributed by atoms with van der Waals surface area (Å²) in [6.07, 6.45) is 1.65. The lowest BCUT2D eigenvalue weighted by Crippen LogP contribution is -2.16. The van der Waals surface area contributed by atoms with Crippen LogP contribution < -0.4 is 5.32 Å². The summed E-state index contributed by atoms with van der Waals surface area (Å²) in [5.74, 6) is 0.0564. The van der Waals surface area contributed by atoms with Gasteiger partial charge >= 0.3 is 0 Å². The molecule has 0 fully saturated rings. The summed E-state index contributed by atoms with van der Waals surface area (Å²) in [4.78, 5) is 20.8. The number of carbonyl (C=O) groups is 1. The lowest BCUT2D eigenvalue weighted by atomic mass is 10.3. The molecule has 3 aromatic rings. The molecule has 0 radical (unpaired) electrons. The highest BCUT2D eigenvalue weighted by Gasteiger charge is 2.17. The highest BCUT2D eigenvalue weighted by Crippen LogP contribution is 2.18. The van der Waals surface area contributed by atoms with Crippen LogP contribution in [0.1, 0.15) is 16.2 Å². The largest absolute Gasteiger partial charge is 0.305 e. The first kappa shape index (κ1) is 13.9. The Morgan fingerprint density at radius 1 is 1.19 bits per heavy atom. The van der Waals surface area contributed by atoms with Crippen molar-refractivity contribution in [2.24, 2.45) is 0 Å². The van der Waals surface area contributed by atoms with Crippen LogP contribution in [0.5, 0.6) is 0 Å². The van der Waals surface area contributed by atoms with Crippen LogP contribution in [0.4, 0.5) is 5.82 Å². The van der Waals surface area contributed by atoms with Crippen molar-refractivity contribution in [2.75, 3.05) is 5.32 Å². The minimum Gasteiger partial charge on any atom is -0.305 e. The fraction of sp³-hybridized carbons (Fsp3) is 0.0714. The van der Waals surface area contributed by atoms with Crippen LogP contribution in [-0.2, 0) is 0 Å². The second kappa shape index (κ2) is 5.35. The van der Waals surface area contributed by atoms with Crippen molar-refractivity contribution in [3.63, 3.8) is 0 Å². The molecule has 0 saturated carbocycles. The van der Waals surface area contributed by atoms with Gasteiger partial charge in [0.1, 0.15) is 22.3 Å². The van der Waals surface area contributed by atoms with Gasteiger partial charge in [-0.2, -0.15) is 0 Å². The van der Waals surface area contributed by atoms with Gasteiger partial charge in [0.15, 0.2) is 0 Å². The van der Waals surface area contributed by atoms with Crippen LogP contribution in [0.15, 0.2) is 36.5 Å². The molecule has 1 N–H and O–H groups in total. The first-order valence-electron chi connectivity index (χ1n) is 6.13. The Labute approximate surface area is 130 Å². The van der Waals surface area contributed by atoms with Crippen LogP contribution in [0, 0.1) is 6.92 Å². The number of fused-ring (bicyclic) bond motifs is 1. The molecule has 3 aromatic heterocycles. The third-order valence-electron chi connectivity index (χ3n) is 2.93. The molecule has 106 valence electrons. The van der Waals surface area contributed by atoms with E-state index >= 15 is 0 Å². The Kier molecular flexibility index (Phi) is 3.53. The summed E-state index contributed by atoms with van der Waals surface area (Å²) in [6.45, 7) is 1.77. The zero-order valence-corrected chi connectivity index (χ0v) is 12.5. The van der Waals surface area contributed by atoms with Gasteiger partial charge in [-0.1, -0.05) is 29.3 Å². The molecule has 0 aliphatic heterocycles. The van der Waals surface area contributed by atoms with Crippen molar-refractivity contribution >= 4 is 40.6 Å². The molecule has 0 atom stereocenters. The number of anilines is 1. The van der Waals surface area contributed by atoms with E-state index in [4.69, 9.17) is 23.2 Å². The number of hydrogen-bond donors (Lipinski definition) is 1. The molecule has 5 nitrogen and oxygen atoms in total. The molecule has 1 amide bonds. The van der Waals surface area contributed by atoms with Crippen molar-refractivity contribution in [3.05, 3.63) is 58.1 Å². The predicted octanol–water partition coefficient (Wildman–Crippen LogP) is 3.60. The van der Waals surface area contributed by atoms with E-state index in [1.54, 1.807) is 47.9 Å². The number of nitrogens with zero attached hydrogens (tertiary/aromatic N) is 3. The van der Waals surface area contributed by atoms with E-state index < -0.39 is 0 Å². The smallest absolute Gasteiger partial charge is 0.275 e. The van der Waals surface area contributed by atoms with E-state index in [-0.39, 0.29) is 5.91 Å². The second-order valence-electron chi connectivity index (χ2n) is 4.42. The third-order valence-corrected chi connectivity index (χ3v) is 3.36. The summed E-state index contributed by atoms with van der Waals surface area (Å²) in [6, 6.07) is 8.49. The van der Waals surface area contributed by atoms with Crippen molar-refractivity contribution in [1.29, 1.82) is 0 Å². The average Bonchev–Trinajstić information content (AvgIpc) is 2.74. The van der Waals surface area contributed by atoms with Crippen molar-refractivity contribution in [1.82, 2.24) is 14.4 Å². The van der Waals surface area contributed by atoms with E-state index in [9.17, 15) is 4.79 Å². The monoisotopic (exact) mass is 320 g/mol. The maximum atomic E-state index is 12.4. The lowest BCUT2D eigenvalue weighted by Gasteiger charge is -2.05. The van der Waals surface area contributed by atoms with Crippen molar-refractivity contribution in [3.8, 4) is 0 Å². The Balaban J connectivity index is 2.01. The van der Waals surface area contributed by atoms with E-state index in [1.165, 1.54) is 0 Å². The molecular weight excluding hydrogens is 311 g/mol. The number of rotatable bonds is 2. The third kappa shape index (κ3) is 2.70. The fourth-order valence-electron chi connectivity index (χ4n) is 2.06. The molecule has 7 heteroatoms. The quantitative estimate of drug-likeness (QED) is 0.734. The second-order valence-corrected chi connectivity index (χ2v) is 5.24. The minimum atomic E-state index is -0.322. The van der Waals surface area contributed by atoms with Crippen molar-refractivity contribution < 1.29 is 4.79 Å². The van der Waals surface area contributed by atoms with Gasteiger partial charge in [0.05, 0.1) is 10.7 Å². The van der Waals surface area contributed by atoms with Crippen LogP contribution in [0.2, 0.25) is 10.2 Å². The van der Waals surface area contributed by atoms with Gasteiger partial charge in [0.25, 0.3) is 5.91 Å². The van der Waals surface area contributed by atoms with Crippen LogP contribution >= 0.6 is 23.2 Å². The maximum absolute atomic E-state index is 12.4. The standard InChI is InChI=1S/C14H10Cl2N4O/c1-8-13(20-7-9(15)5-6-12(20)17-8)14(21)19-11-4-2-3-10(16)18-11/h2-7H,1H3,(H,18,19,21). The summed E-state index contributed by atoms with van der Waals surface area (Å²) in [7, 11) is 0. The highest BCUT2D eigenvalue weighted by molar-refractivity contribution is 6.30. The van der Waals surface area contributed by atoms with Gasteiger partial charge in [0.2, 0.25) is 0 Å². The van der Waals surface area contributed by atoms with E-state index in [1.807, 2.05) is 0 Å². The lowest BCUT2D eigenvalue weighted by molar-refractivity contribution is 0.102.